The van der Waals surface area contributed by atoms with Crippen LogP contribution in [0.4, 0.5) is 15.6 Å². The van der Waals surface area contributed by atoms with Gasteiger partial charge in [0.1, 0.15) is 5.82 Å². The van der Waals surface area contributed by atoms with Crippen LogP contribution in [0.3, 0.4) is 0 Å². The molecule has 1 aliphatic heterocycles. The van der Waals surface area contributed by atoms with Crippen molar-refractivity contribution < 1.29 is 4.79 Å². The Morgan fingerprint density at radius 3 is 2.45 bits per heavy atom. The van der Waals surface area contributed by atoms with Gasteiger partial charge in [0.25, 0.3) is 0 Å². The third-order valence-electron chi connectivity index (χ3n) is 4.67. The minimum Gasteiger partial charge on any atom is -0.343 e. The molecule has 1 aromatic heterocycles. The van der Waals surface area contributed by atoms with Gasteiger partial charge in [-0.05, 0) is 42.0 Å². The lowest BCUT2D eigenvalue weighted by Gasteiger charge is -2.34. The summed E-state index contributed by atoms with van der Waals surface area (Å²) in [5.41, 5.74) is 1.92. The molecule has 4 rings (SSSR count). The van der Waals surface area contributed by atoms with Crippen LogP contribution in [0.1, 0.15) is 11.4 Å². The largest absolute Gasteiger partial charge is 0.343 e. The van der Waals surface area contributed by atoms with E-state index in [0.717, 1.165) is 44.8 Å². The Labute approximate surface area is 186 Å². The van der Waals surface area contributed by atoms with E-state index in [1.54, 1.807) is 0 Å². The molecular weight excluding hydrogens is 474 g/mol. The summed E-state index contributed by atoms with van der Waals surface area (Å²) in [6, 6.07) is 15.2. The van der Waals surface area contributed by atoms with Gasteiger partial charge in [-0.2, -0.15) is 4.37 Å². The van der Waals surface area contributed by atoms with Crippen molar-refractivity contribution in [3.63, 3.8) is 0 Å². The van der Waals surface area contributed by atoms with Crippen molar-refractivity contribution in [1.82, 2.24) is 14.3 Å². The highest BCUT2D eigenvalue weighted by Gasteiger charge is 2.23. The fourth-order valence-corrected chi connectivity index (χ4v) is 4.19. The molecular formula is C20H19BrClN5OS. The van der Waals surface area contributed by atoms with Crippen LogP contribution < -0.4 is 10.2 Å². The maximum Gasteiger partial charge on any atom is 0.321 e. The lowest BCUT2D eigenvalue weighted by molar-refractivity contribution is 0.208. The quantitative estimate of drug-likeness (QED) is 0.563. The van der Waals surface area contributed by atoms with Crippen molar-refractivity contribution in [3.8, 4) is 0 Å². The maximum atomic E-state index is 12.5. The minimum atomic E-state index is -0.0762. The van der Waals surface area contributed by atoms with Gasteiger partial charge in [0.2, 0.25) is 5.13 Å². The van der Waals surface area contributed by atoms with E-state index in [1.807, 2.05) is 53.4 Å². The lowest BCUT2D eigenvalue weighted by atomic mass is 10.1. The van der Waals surface area contributed by atoms with Crippen molar-refractivity contribution in [2.45, 2.75) is 6.42 Å². The molecule has 0 saturated carbocycles. The Balaban J connectivity index is 1.30. The van der Waals surface area contributed by atoms with Gasteiger partial charge in [-0.1, -0.05) is 39.7 Å². The first-order valence-corrected chi connectivity index (χ1v) is 11.1. The molecule has 29 heavy (non-hydrogen) atoms. The van der Waals surface area contributed by atoms with E-state index in [0.29, 0.717) is 19.5 Å². The number of urea groups is 1. The van der Waals surface area contributed by atoms with Crippen LogP contribution in [0.15, 0.2) is 53.0 Å². The predicted octanol–water partition coefficient (Wildman–Crippen LogP) is 4.90. The van der Waals surface area contributed by atoms with Gasteiger partial charge in [0.05, 0.1) is 0 Å². The van der Waals surface area contributed by atoms with Gasteiger partial charge in [0.15, 0.2) is 0 Å². The Kier molecular flexibility index (Phi) is 6.32. The number of rotatable bonds is 4. The van der Waals surface area contributed by atoms with Crippen LogP contribution in [-0.4, -0.2) is 46.5 Å². The van der Waals surface area contributed by atoms with Crippen LogP contribution in [0.2, 0.25) is 5.02 Å². The number of piperazine rings is 1. The van der Waals surface area contributed by atoms with E-state index in [9.17, 15) is 4.79 Å². The fourth-order valence-electron chi connectivity index (χ4n) is 3.07. The van der Waals surface area contributed by atoms with E-state index in [1.165, 1.54) is 11.5 Å². The zero-order valence-electron chi connectivity index (χ0n) is 15.5. The van der Waals surface area contributed by atoms with Crippen LogP contribution in [0.5, 0.6) is 0 Å². The summed E-state index contributed by atoms with van der Waals surface area (Å²) in [6.07, 6.45) is 0.684. The zero-order valence-corrected chi connectivity index (χ0v) is 18.7. The first-order valence-electron chi connectivity index (χ1n) is 9.20. The third-order valence-corrected chi connectivity index (χ3v) is 6.26. The fraction of sp³-hybridized carbons (Fsp3) is 0.250. The summed E-state index contributed by atoms with van der Waals surface area (Å²) >= 11 is 10.7. The van der Waals surface area contributed by atoms with Crippen molar-refractivity contribution in [2.75, 3.05) is 36.4 Å². The second kappa shape index (κ2) is 9.11. The number of hydrogen-bond acceptors (Lipinski definition) is 5. The smallest absolute Gasteiger partial charge is 0.321 e. The molecule has 1 N–H and O–H groups in total. The average Bonchev–Trinajstić information content (AvgIpc) is 3.20. The number of aromatic nitrogens is 2. The van der Waals surface area contributed by atoms with Crippen molar-refractivity contribution >= 4 is 55.9 Å². The summed E-state index contributed by atoms with van der Waals surface area (Å²) in [5.74, 6) is 0.808. The number of anilines is 2. The van der Waals surface area contributed by atoms with Crippen molar-refractivity contribution in [2.24, 2.45) is 0 Å². The molecule has 3 aromatic rings. The number of amides is 2. The van der Waals surface area contributed by atoms with Gasteiger partial charge in [-0.3, -0.25) is 0 Å². The molecule has 0 radical (unpaired) electrons. The monoisotopic (exact) mass is 491 g/mol. The summed E-state index contributed by atoms with van der Waals surface area (Å²) in [7, 11) is 0. The van der Waals surface area contributed by atoms with E-state index in [2.05, 4.69) is 35.5 Å². The highest BCUT2D eigenvalue weighted by molar-refractivity contribution is 9.10. The van der Waals surface area contributed by atoms with Gasteiger partial charge < -0.3 is 15.1 Å². The molecule has 1 fully saturated rings. The van der Waals surface area contributed by atoms with Gasteiger partial charge in [0, 0.05) is 59.3 Å². The number of halogens is 2. The summed E-state index contributed by atoms with van der Waals surface area (Å²) in [5, 5.41) is 4.57. The molecule has 2 heterocycles. The summed E-state index contributed by atoms with van der Waals surface area (Å²) in [4.78, 5) is 21.2. The zero-order chi connectivity index (χ0) is 20.2. The highest BCUT2D eigenvalue weighted by atomic mass is 79.9. The second-order valence-corrected chi connectivity index (χ2v) is 8.79. The van der Waals surface area contributed by atoms with E-state index >= 15 is 0 Å². The number of nitrogens with one attached hydrogen (secondary N) is 1. The second-order valence-electron chi connectivity index (χ2n) is 6.71. The average molecular weight is 493 g/mol. The van der Waals surface area contributed by atoms with Crippen LogP contribution in [0.25, 0.3) is 0 Å². The summed E-state index contributed by atoms with van der Waals surface area (Å²) < 4.78 is 5.47. The first-order chi connectivity index (χ1) is 14.1. The maximum absolute atomic E-state index is 12.5. The topological polar surface area (TPSA) is 61.4 Å². The number of benzene rings is 2. The molecule has 0 unspecified atom stereocenters. The Morgan fingerprint density at radius 1 is 1.07 bits per heavy atom. The van der Waals surface area contributed by atoms with E-state index in [4.69, 9.17) is 11.6 Å². The molecule has 0 aliphatic carbocycles. The lowest BCUT2D eigenvalue weighted by Crippen LogP contribution is -2.50. The van der Waals surface area contributed by atoms with Crippen molar-refractivity contribution in [1.29, 1.82) is 0 Å². The molecule has 9 heteroatoms. The molecule has 6 nitrogen and oxygen atoms in total. The predicted molar refractivity (Wildman–Crippen MR) is 121 cm³/mol. The molecule has 0 spiro atoms. The molecule has 0 atom stereocenters. The van der Waals surface area contributed by atoms with Crippen molar-refractivity contribution in [3.05, 3.63) is 69.4 Å². The molecule has 1 aliphatic rings. The molecule has 2 aromatic carbocycles. The Morgan fingerprint density at radius 2 is 1.76 bits per heavy atom. The molecule has 2 amide bonds. The minimum absolute atomic E-state index is 0.0762. The van der Waals surface area contributed by atoms with Crippen LogP contribution in [-0.2, 0) is 6.42 Å². The van der Waals surface area contributed by atoms with E-state index < -0.39 is 0 Å². The van der Waals surface area contributed by atoms with Gasteiger partial charge in [-0.25, -0.2) is 9.78 Å². The SMILES string of the molecule is O=C(Nc1ccc(Br)cc1)N1CCN(c2nc(Cc3ccc(Cl)cc3)ns2)CC1. The van der Waals surface area contributed by atoms with Crippen LogP contribution >= 0.6 is 39.1 Å². The molecule has 150 valence electrons. The standard InChI is InChI=1S/C20H19BrClN5OS/c21-15-3-7-17(8-4-15)23-19(28)26-9-11-27(12-10-26)20-24-18(25-29-20)13-14-1-5-16(22)6-2-14/h1-8H,9-13H2,(H,23,28). The van der Waals surface area contributed by atoms with E-state index in [-0.39, 0.29) is 6.03 Å². The third kappa shape index (κ3) is 5.26. The Bertz CT molecular complexity index is 971. The van der Waals surface area contributed by atoms with Gasteiger partial charge >= 0.3 is 6.03 Å². The number of hydrogen-bond donors (Lipinski definition) is 1. The number of nitrogens with zero attached hydrogens (tertiary/aromatic N) is 4. The molecule has 0 bridgehead atoms. The first kappa shape index (κ1) is 20.1. The molecule has 1 saturated heterocycles. The van der Waals surface area contributed by atoms with Gasteiger partial charge in [-0.15, -0.1) is 0 Å². The Hall–Kier alpha value is -2.16. The van der Waals surface area contributed by atoms with Crippen LogP contribution in [0, 0.1) is 0 Å². The number of carbonyl (C=O) groups is 1. The number of carbonyl (C=O) groups excluding carboxylic acids is 1. The highest BCUT2D eigenvalue weighted by Crippen LogP contribution is 2.21. The normalized spacial score (nSPS) is 14.1. The summed E-state index contributed by atoms with van der Waals surface area (Å²) in [6.45, 7) is 2.77.